The Labute approximate surface area is 178 Å². The van der Waals surface area contributed by atoms with Crippen LogP contribution in [-0.2, 0) is 16.6 Å². The summed E-state index contributed by atoms with van der Waals surface area (Å²) in [5.74, 6) is 1.39. The molecule has 0 amide bonds. The molecule has 158 valence electrons. The predicted molar refractivity (Wildman–Crippen MR) is 116 cm³/mol. The summed E-state index contributed by atoms with van der Waals surface area (Å²) in [6, 6.07) is 17.5. The lowest BCUT2D eigenvalue weighted by atomic mass is 10.2. The number of nitrogens with one attached hydrogen (secondary N) is 2. The third kappa shape index (κ3) is 4.94. The molecule has 2 aromatic heterocycles. The number of nitrogen functional groups attached to an aromatic ring is 1. The molecule has 0 bridgehead atoms. The Morgan fingerprint density at radius 1 is 1.00 bits per heavy atom. The average molecular weight is 437 g/mol. The molecule has 0 radical (unpaired) electrons. The van der Waals surface area contributed by atoms with E-state index in [9.17, 15) is 8.42 Å². The van der Waals surface area contributed by atoms with Gasteiger partial charge < -0.3 is 16.4 Å². The molecule has 0 atom stereocenters. The minimum atomic E-state index is -3.76. The Hall–Kier alpha value is -4.03. The Kier molecular flexibility index (Phi) is 5.47. The number of aromatic nitrogens is 5. The average Bonchev–Trinajstić information content (AvgIpc) is 3.13. The van der Waals surface area contributed by atoms with Gasteiger partial charge in [-0.1, -0.05) is 30.3 Å². The standard InChI is InChI=1S/C19H19N9O2S/c20-18-26-19(25-14-6-8-15(9-7-14)31(21,29)30)27-28(18)17-10-16(23-12-24-17)22-11-13-4-2-1-3-5-13/h1-10,12H,11H2,(H2,21,29,30)(H,22,23,24)(H3,20,25,26,27). The lowest BCUT2D eigenvalue weighted by Crippen LogP contribution is -2.11. The molecule has 0 saturated carbocycles. The van der Waals surface area contributed by atoms with Gasteiger partial charge in [0, 0.05) is 18.3 Å². The Bertz CT molecular complexity index is 1290. The van der Waals surface area contributed by atoms with Gasteiger partial charge in [-0.15, -0.1) is 5.10 Å². The zero-order valence-electron chi connectivity index (χ0n) is 16.2. The Balaban J connectivity index is 1.49. The van der Waals surface area contributed by atoms with Gasteiger partial charge in [-0.05, 0) is 29.8 Å². The number of primary sulfonamides is 1. The fourth-order valence-electron chi connectivity index (χ4n) is 2.75. The second-order valence-electron chi connectivity index (χ2n) is 6.50. The van der Waals surface area contributed by atoms with E-state index >= 15 is 0 Å². The lowest BCUT2D eigenvalue weighted by Gasteiger charge is -2.07. The highest BCUT2D eigenvalue weighted by Gasteiger charge is 2.12. The SMILES string of the molecule is Nc1nc(Nc2ccc(S(N)(=O)=O)cc2)nn1-c1cc(NCc2ccccc2)ncn1. The van der Waals surface area contributed by atoms with E-state index in [2.05, 4.69) is 30.7 Å². The van der Waals surface area contributed by atoms with Gasteiger partial charge in [0.05, 0.1) is 4.90 Å². The maximum absolute atomic E-state index is 11.4. The van der Waals surface area contributed by atoms with Crippen molar-refractivity contribution in [3.8, 4) is 5.82 Å². The summed E-state index contributed by atoms with van der Waals surface area (Å²) in [7, 11) is -3.76. The van der Waals surface area contributed by atoms with Crippen molar-refractivity contribution < 1.29 is 8.42 Å². The van der Waals surface area contributed by atoms with Gasteiger partial charge in [0.2, 0.25) is 21.9 Å². The van der Waals surface area contributed by atoms with Crippen molar-refractivity contribution in [2.45, 2.75) is 11.4 Å². The van der Waals surface area contributed by atoms with Crippen molar-refractivity contribution in [2.24, 2.45) is 5.14 Å². The van der Waals surface area contributed by atoms with Crippen LogP contribution in [0.1, 0.15) is 5.56 Å². The van der Waals surface area contributed by atoms with Gasteiger partial charge >= 0.3 is 0 Å². The Morgan fingerprint density at radius 2 is 1.74 bits per heavy atom. The number of hydrogen-bond donors (Lipinski definition) is 4. The summed E-state index contributed by atoms with van der Waals surface area (Å²) in [6.07, 6.45) is 1.41. The Morgan fingerprint density at radius 3 is 2.45 bits per heavy atom. The number of anilines is 4. The molecule has 0 unspecified atom stereocenters. The van der Waals surface area contributed by atoms with E-state index in [1.165, 1.54) is 23.1 Å². The summed E-state index contributed by atoms with van der Waals surface area (Å²) in [6.45, 7) is 0.603. The number of sulfonamides is 1. The number of rotatable bonds is 7. The van der Waals surface area contributed by atoms with Crippen molar-refractivity contribution in [2.75, 3.05) is 16.4 Å². The van der Waals surface area contributed by atoms with E-state index < -0.39 is 10.0 Å². The van der Waals surface area contributed by atoms with Crippen LogP contribution in [-0.4, -0.2) is 33.2 Å². The molecule has 4 aromatic rings. The van der Waals surface area contributed by atoms with Gasteiger partial charge in [-0.25, -0.2) is 23.5 Å². The number of nitrogens with two attached hydrogens (primary N) is 2. The minimum absolute atomic E-state index is 0.00701. The van der Waals surface area contributed by atoms with E-state index in [-0.39, 0.29) is 16.8 Å². The molecule has 31 heavy (non-hydrogen) atoms. The smallest absolute Gasteiger partial charge is 0.248 e. The van der Waals surface area contributed by atoms with Crippen LogP contribution in [0, 0.1) is 0 Å². The first-order valence-corrected chi connectivity index (χ1v) is 10.7. The fourth-order valence-corrected chi connectivity index (χ4v) is 3.27. The van der Waals surface area contributed by atoms with Crippen LogP contribution in [0.5, 0.6) is 0 Å². The van der Waals surface area contributed by atoms with E-state index in [1.807, 2.05) is 30.3 Å². The predicted octanol–water partition coefficient (Wildman–Crippen LogP) is 1.64. The molecule has 0 spiro atoms. The maximum atomic E-state index is 11.4. The zero-order valence-corrected chi connectivity index (χ0v) is 17.0. The van der Waals surface area contributed by atoms with Crippen LogP contribution in [0.4, 0.5) is 23.4 Å². The van der Waals surface area contributed by atoms with Gasteiger partial charge in [-0.2, -0.15) is 9.67 Å². The molecule has 2 aromatic carbocycles. The van der Waals surface area contributed by atoms with Crippen LogP contribution >= 0.6 is 0 Å². The molecule has 2 heterocycles. The van der Waals surface area contributed by atoms with Crippen LogP contribution < -0.4 is 21.5 Å². The van der Waals surface area contributed by atoms with Crippen LogP contribution in [0.2, 0.25) is 0 Å². The second-order valence-corrected chi connectivity index (χ2v) is 8.06. The van der Waals surface area contributed by atoms with Crippen molar-refractivity contribution >= 4 is 33.4 Å². The van der Waals surface area contributed by atoms with Crippen molar-refractivity contribution in [3.63, 3.8) is 0 Å². The third-order valence-corrected chi connectivity index (χ3v) is 5.19. The lowest BCUT2D eigenvalue weighted by molar-refractivity contribution is 0.598. The van der Waals surface area contributed by atoms with Crippen LogP contribution in [0.3, 0.4) is 0 Å². The van der Waals surface area contributed by atoms with Crippen molar-refractivity contribution in [1.29, 1.82) is 0 Å². The number of benzene rings is 2. The molecule has 11 nitrogen and oxygen atoms in total. The summed E-state index contributed by atoms with van der Waals surface area (Å²) >= 11 is 0. The highest BCUT2D eigenvalue weighted by Crippen LogP contribution is 2.19. The molecule has 0 aliphatic heterocycles. The number of hydrogen-bond acceptors (Lipinski definition) is 9. The highest BCUT2D eigenvalue weighted by molar-refractivity contribution is 7.89. The summed E-state index contributed by atoms with van der Waals surface area (Å²) < 4.78 is 24.1. The largest absolute Gasteiger partial charge is 0.368 e. The molecule has 0 fully saturated rings. The summed E-state index contributed by atoms with van der Waals surface area (Å²) in [5.41, 5.74) is 7.68. The molecule has 0 aliphatic rings. The third-order valence-electron chi connectivity index (χ3n) is 4.26. The van der Waals surface area contributed by atoms with Crippen LogP contribution in [0.15, 0.2) is 71.9 Å². The van der Waals surface area contributed by atoms with E-state index in [1.54, 1.807) is 18.2 Å². The van der Waals surface area contributed by atoms with Crippen molar-refractivity contribution in [1.82, 2.24) is 24.7 Å². The normalized spacial score (nSPS) is 11.3. The van der Waals surface area contributed by atoms with E-state index in [4.69, 9.17) is 10.9 Å². The van der Waals surface area contributed by atoms with E-state index in [0.717, 1.165) is 5.56 Å². The number of nitrogens with zero attached hydrogens (tertiary/aromatic N) is 5. The first kappa shape index (κ1) is 20.3. The highest BCUT2D eigenvalue weighted by atomic mass is 32.2. The summed E-state index contributed by atoms with van der Waals surface area (Å²) in [5, 5.41) is 15.6. The fraction of sp³-hybridized carbons (Fsp3) is 0.0526. The zero-order chi connectivity index (χ0) is 21.8. The van der Waals surface area contributed by atoms with Gasteiger partial charge in [0.15, 0.2) is 5.82 Å². The van der Waals surface area contributed by atoms with Crippen LogP contribution in [0.25, 0.3) is 5.82 Å². The van der Waals surface area contributed by atoms with Crippen molar-refractivity contribution in [3.05, 3.63) is 72.6 Å². The molecular formula is C19H19N9O2S. The molecule has 12 heteroatoms. The molecule has 0 saturated heterocycles. The quantitative estimate of drug-likeness (QED) is 0.336. The van der Waals surface area contributed by atoms with Gasteiger partial charge in [-0.3, -0.25) is 0 Å². The minimum Gasteiger partial charge on any atom is -0.368 e. The molecule has 4 rings (SSSR count). The molecule has 0 aliphatic carbocycles. The summed E-state index contributed by atoms with van der Waals surface area (Å²) in [4.78, 5) is 12.6. The topological polar surface area (TPSA) is 167 Å². The first-order valence-electron chi connectivity index (χ1n) is 9.11. The first-order chi connectivity index (χ1) is 14.9. The molecular weight excluding hydrogens is 418 g/mol. The van der Waals surface area contributed by atoms with E-state index in [0.29, 0.717) is 23.9 Å². The molecule has 6 N–H and O–H groups in total. The second kappa shape index (κ2) is 8.38. The van der Waals surface area contributed by atoms with Gasteiger partial charge in [0.25, 0.3) is 0 Å². The monoisotopic (exact) mass is 437 g/mol. The maximum Gasteiger partial charge on any atom is 0.248 e. The van der Waals surface area contributed by atoms with Gasteiger partial charge in [0.1, 0.15) is 12.1 Å².